The van der Waals surface area contributed by atoms with Gasteiger partial charge in [-0.3, -0.25) is 9.45 Å². The first kappa shape index (κ1) is 15.8. The summed E-state index contributed by atoms with van der Waals surface area (Å²) in [6.45, 7) is 3.59. The maximum Gasteiger partial charge on any atom is 0.278 e. The maximum atomic E-state index is 10.8. The molecule has 1 unspecified atom stereocenters. The van der Waals surface area contributed by atoms with Gasteiger partial charge in [0.2, 0.25) is 0 Å². The third-order valence-electron chi connectivity index (χ3n) is 2.19. The fourth-order valence-electron chi connectivity index (χ4n) is 1.57. The summed E-state index contributed by atoms with van der Waals surface area (Å²) in [6.07, 6.45) is 0.603. The van der Waals surface area contributed by atoms with Gasteiger partial charge in [0.15, 0.2) is 0 Å². The van der Waals surface area contributed by atoms with Crippen LogP contribution in [0.3, 0.4) is 0 Å². The second kappa shape index (κ2) is 7.18. The van der Waals surface area contributed by atoms with Crippen molar-refractivity contribution in [3.05, 3.63) is 0 Å². The molecule has 0 bridgehead atoms. The Hall–Kier alpha value is -0.210. The third-order valence-corrected chi connectivity index (χ3v) is 2.84. The molecule has 1 atom stereocenters. The van der Waals surface area contributed by atoms with Crippen molar-refractivity contribution in [2.45, 2.75) is 26.3 Å². The minimum Gasteiger partial charge on any atom is -0.395 e. The number of aliphatic hydroxyl groups excluding tert-OH is 2. The smallest absolute Gasteiger partial charge is 0.278 e. The van der Waals surface area contributed by atoms with Crippen LogP contribution < -0.4 is 0 Å². The fourth-order valence-corrected chi connectivity index (χ4v) is 2.33. The molecule has 0 spiro atoms. The van der Waals surface area contributed by atoms with Crippen LogP contribution in [0.5, 0.6) is 0 Å². The first-order valence-electron chi connectivity index (χ1n) is 5.21. The lowest BCUT2D eigenvalue weighted by Crippen LogP contribution is -2.43. The summed E-state index contributed by atoms with van der Waals surface area (Å²) in [7, 11) is -4.13. The molecule has 0 saturated carbocycles. The molecule has 98 valence electrons. The third kappa shape index (κ3) is 7.13. The number of hydrogen-bond acceptors (Lipinski definition) is 5. The van der Waals surface area contributed by atoms with Gasteiger partial charge in [0.25, 0.3) is 10.1 Å². The second-order valence-corrected chi connectivity index (χ2v) is 5.63. The quantitative estimate of drug-likeness (QED) is 0.507. The Labute approximate surface area is 96.6 Å². The lowest BCUT2D eigenvalue weighted by molar-refractivity contribution is 0.102. The molecule has 0 heterocycles. The lowest BCUT2D eigenvalue weighted by atomic mass is 10.0. The summed E-state index contributed by atoms with van der Waals surface area (Å²) in [5.41, 5.74) is 0. The average molecular weight is 255 g/mol. The zero-order valence-electron chi connectivity index (χ0n) is 9.70. The van der Waals surface area contributed by atoms with Crippen LogP contribution in [0.25, 0.3) is 0 Å². The Bertz CT molecular complexity index is 278. The Morgan fingerprint density at radius 3 is 2.12 bits per heavy atom. The van der Waals surface area contributed by atoms with E-state index in [4.69, 9.17) is 14.8 Å². The van der Waals surface area contributed by atoms with Crippen LogP contribution in [0, 0.1) is 5.92 Å². The minimum absolute atomic E-state index is 0.109. The van der Waals surface area contributed by atoms with E-state index in [2.05, 4.69) is 0 Å². The van der Waals surface area contributed by atoms with Crippen LogP contribution in [0.1, 0.15) is 20.3 Å². The van der Waals surface area contributed by atoms with E-state index in [1.165, 1.54) is 4.90 Å². The molecule has 0 aliphatic carbocycles. The Morgan fingerprint density at radius 2 is 1.81 bits per heavy atom. The van der Waals surface area contributed by atoms with Crippen LogP contribution in [0.15, 0.2) is 0 Å². The highest BCUT2D eigenvalue weighted by atomic mass is 32.2. The van der Waals surface area contributed by atoms with Gasteiger partial charge in [-0.2, -0.15) is 8.42 Å². The van der Waals surface area contributed by atoms with Crippen molar-refractivity contribution in [2.24, 2.45) is 5.92 Å². The predicted octanol–water partition coefficient (Wildman–Crippen LogP) is -0.467. The molecule has 0 aromatic rings. The summed E-state index contributed by atoms with van der Waals surface area (Å²) in [4.78, 5) is 1.37. The van der Waals surface area contributed by atoms with Crippen LogP contribution in [0.4, 0.5) is 0 Å². The van der Waals surface area contributed by atoms with E-state index in [9.17, 15) is 8.42 Å². The normalized spacial score (nSPS) is 14.7. The number of aliphatic hydroxyl groups is 2. The van der Waals surface area contributed by atoms with Crippen molar-refractivity contribution in [1.82, 2.24) is 4.90 Å². The number of hydrogen-bond donors (Lipinski definition) is 3. The average Bonchev–Trinajstić information content (AvgIpc) is 2.11. The molecule has 0 saturated heterocycles. The highest BCUT2D eigenvalue weighted by Gasteiger charge is 2.22. The summed E-state index contributed by atoms with van der Waals surface area (Å²) >= 11 is 0. The van der Waals surface area contributed by atoms with Gasteiger partial charge in [0, 0.05) is 12.6 Å². The van der Waals surface area contributed by atoms with Crippen molar-refractivity contribution in [3.63, 3.8) is 0 Å². The molecule has 3 N–H and O–H groups in total. The van der Waals surface area contributed by atoms with E-state index in [0.717, 1.165) is 0 Å². The molecule has 7 heteroatoms. The van der Waals surface area contributed by atoms with Crippen molar-refractivity contribution in [2.75, 3.05) is 25.6 Å². The van der Waals surface area contributed by atoms with E-state index in [-0.39, 0.29) is 25.8 Å². The molecule has 0 fully saturated rings. The van der Waals surface area contributed by atoms with Gasteiger partial charge < -0.3 is 10.2 Å². The molecular formula is C9H21NO5S. The highest BCUT2D eigenvalue weighted by molar-refractivity contribution is 7.85. The van der Waals surface area contributed by atoms with Crippen LogP contribution in [-0.2, 0) is 10.1 Å². The molecular weight excluding hydrogens is 234 g/mol. The van der Waals surface area contributed by atoms with Crippen molar-refractivity contribution in [3.8, 4) is 0 Å². The van der Waals surface area contributed by atoms with Crippen molar-refractivity contribution >= 4 is 10.1 Å². The molecule has 0 aliphatic rings. The summed E-state index contributed by atoms with van der Waals surface area (Å²) in [5, 5.41) is 18.0. The van der Waals surface area contributed by atoms with Crippen molar-refractivity contribution < 1.29 is 23.2 Å². The first-order chi connectivity index (χ1) is 7.30. The van der Waals surface area contributed by atoms with Gasteiger partial charge >= 0.3 is 0 Å². The fraction of sp³-hybridized carbons (Fsp3) is 1.00. The van der Waals surface area contributed by atoms with Gasteiger partial charge in [-0.1, -0.05) is 13.8 Å². The van der Waals surface area contributed by atoms with Crippen molar-refractivity contribution in [1.29, 1.82) is 0 Å². The van der Waals surface area contributed by atoms with E-state index in [1.807, 2.05) is 13.8 Å². The zero-order valence-corrected chi connectivity index (χ0v) is 10.5. The Kier molecular flexibility index (Phi) is 7.09. The van der Waals surface area contributed by atoms with Gasteiger partial charge in [-0.25, -0.2) is 0 Å². The summed E-state index contributed by atoms with van der Waals surface area (Å²) in [6, 6.07) is -0.367. The summed E-state index contributed by atoms with van der Waals surface area (Å²) in [5.74, 6) is -0.273. The molecule has 6 nitrogen and oxygen atoms in total. The second-order valence-electron chi connectivity index (χ2n) is 4.21. The topological polar surface area (TPSA) is 98.1 Å². The minimum atomic E-state index is -4.13. The van der Waals surface area contributed by atoms with Gasteiger partial charge in [-0.05, 0) is 12.3 Å². The molecule has 0 aliphatic heterocycles. The molecule has 0 radical (unpaired) electrons. The SMILES string of the molecule is CC(C)CC(CO)N(CCO)CS(=O)(=O)O. The van der Waals surface area contributed by atoms with Crippen LogP contribution in [-0.4, -0.2) is 59.8 Å². The number of nitrogens with zero attached hydrogens (tertiary/aromatic N) is 1. The molecule has 0 rings (SSSR count). The van der Waals surface area contributed by atoms with Crippen LogP contribution >= 0.6 is 0 Å². The van der Waals surface area contributed by atoms with Gasteiger partial charge in [-0.15, -0.1) is 0 Å². The van der Waals surface area contributed by atoms with E-state index in [0.29, 0.717) is 12.3 Å². The zero-order chi connectivity index (χ0) is 12.8. The summed E-state index contributed by atoms with van der Waals surface area (Å²) < 4.78 is 30.3. The molecule has 0 amide bonds. The van der Waals surface area contributed by atoms with E-state index >= 15 is 0 Å². The highest BCUT2D eigenvalue weighted by Crippen LogP contribution is 2.12. The van der Waals surface area contributed by atoms with E-state index in [1.54, 1.807) is 0 Å². The monoisotopic (exact) mass is 255 g/mol. The Morgan fingerprint density at radius 1 is 1.25 bits per heavy atom. The van der Waals surface area contributed by atoms with Crippen LogP contribution in [0.2, 0.25) is 0 Å². The molecule has 0 aromatic heterocycles. The van der Waals surface area contributed by atoms with Gasteiger partial charge in [0.05, 0.1) is 13.2 Å². The predicted molar refractivity (Wildman–Crippen MR) is 60.5 cm³/mol. The largest absolute Gasteiger partial charge is 0.395 e. The molecule has 0 aromatic carbocycles. The number of rotatable bonds is 8. The first-order valence-corrected chi connectivity index (χ1v) is 6.82. The van der Waals surface area contributed by atoms with E-state index < -0.39 is 16.0 Å². The standard InChI is InChI=1S/C9H21NO5S/c1-8(2)5-9(6-12)10(3-4-11)7-16(13,14)15/h8-9,11-12H,3-7H2,1-2H3,(H,13,14,15). The van der Waals surface area contributed by atoms with Gasteiger partial charge in [0.1, 0.15) is 5.88 Å². The maximum absolute atomic E-state index is 10.8. The molecule has 16 heavy (non-hydrogen) atoms. The Balaban J connectivity index is 4.58. The lowest BCUT2D eigenvalue weighted by Gasteiger charge is -2.29.